The number of hydrogen-bond donors (Lipinski definition) is 1. The number of ether oxygens (including phenoxy) is 1. The SMILES string of the molecule is CCCCC(C)(C)CC=C(O)[C@@]12CCC[C@@]1(C)OC(=O)C2. The zero-order valence-electron chi connectivity index (χ0n) is 14.0. The van der Waals surface area contributed by atoms with Gasteiger partial charge in [0.15, 0.2) is 0 Å². The van der Waals surface area contributed by atoms with Crippen LogP contribution in [0.15, 0.2) is 11.8 Å². The van der Waals surface area contributed by atoms with Crippen molar-refractivity contribution in [1.82, 2.24) is 0 Å². The summed E-state index contributed by atoms with van der Waals surface area (Å²) < 4.78 is 5.55. The van der Waals surface area contributed by atoms with E-state index in [4.69, 9.17) is 4.74 Å². The van der Waals surface area contributed by atoms with Gasteiger partial charge in [-0.2, -0.15) is 0 Å². The fourth-order valence-electron chi connectivity index (χ4n) is 4.00. The maximum absolute atomic E-state index is 11.8. The molecule has 0 spiro atoms. The van der Waals surface area contributed by atoms with E-state index in [0.717, 1.165) is 32.1 Å². The van der Waals surface area contributed by atoms with Gasteiger partial charge in [0, 0.05) is 0 Å². The number of esters is 1. The van der Waals surface area contributed by atoms with Crippen molar-refractivity contribution in [2.45, 2.75) is 84.7 Å². The van der Waals surface area contributed by atoms with Gasteiger partial charge in [0.1, 0.15) is 5.60 Å². The molecule has 2 fully saturated rings. The number of aliphatic hydroxyl groups excluding tert-OH is 1. The third-order valence-corrected chi connectivity index (χ3v) is 5.60. The van der Waals surface area contributed by atoms with Crippen LogP contribution in [0.25, 0.3) is 0 Å². The monoisotopic (exact) mass is 294 g/mol. The molecule has 3 heteroatoms. The molecule has 0 unspecified atom stereocenters. The number of carbonyl (C=O) groups excluding carboxylic acids is 1. The molecule has 21 heavy (non-hydrogen) atoms. The predicted octanol–water partition coefficient (Wildman–Crippen LogP) is 4.91. The molecule has 0 amide bonds. The Morgan fingerprint density at radius 3 is 2.81 bits per heavy atom. The number of hydrogen-bond acceptors (Lipinski definition) is 3. The third kappa shape index (κ3) is 2.97. The second-order valence-corrected chi connectivity index (χ2v) is 7.88. The molecule has 1 saturated heterocycles. The second-order valence-electron chi connectivity index (χ2n) is 7.88. The Hall–Kier alpha value is -0.990. The van der Waals surface area contributed by atoms with E-state index in [1.54, 1.807) is 0 Å². The lowest BCUT2D eigenvalue weighted by molar-refractivity contribution is -0.148. The van der Waals surface area contributed by atoms with E-state index < -0.39 is 11.0 Å². The molecule has 1 aliphatic heterocycles. The highest BCUT2D eigenvalue weighted by Crippen LogP contribution is 2.59. The molecule has 1 saturated carbocycles. The van der Waals surface area contributed by atoms with Crippen LogP contribution in [0.4, 0.5) is 0 Å². The lowest BCUT2D eigenvalue weighted by atomic mass is 9.72. The van der Waals surface area contributed by atoms with Gasteiger partial charge in [-0.25, -0.2) is 0 Å². The molecule has 0 aromatic carbocycles. The van der Waals surface area contributed by atoms with Crippen molar-refractivity contribution >= 4 is 5.97 Å². The van der Waals surface area contributed by atoms with Crippen molar-refractivity contribution in [3.8, 4) is 0 Å². The fourth-order valence-corrected chi connectivity index (χ4v) is 4.00. The van der Waals surface area contributed by atoms with Gasteiger partial charge in [-0.3, -0.25) is 4.79 Å². The van der Waals surface area contributed by atoms with Gasteiger partial charge < -0.3 is 9.84 Å². The molecule has 120 valence electrons. The fraction of sp³-hybridized carbons (Fsp3) is 0.833. The molecule has 0 aromatic rings. The van der Waals surface area contributed by atoms with Crippen LogP contribution in [0.1, 0.15) is 79.1 Å². The first-order chi connectivity index (χ1) is 9.75. The minimum atomic E-state index is -0.502. The molecule has 1 aliphatic carbocycles. The number of rotatable bonds is 6. The highest BCUT2D eigenvalue weighted by Gasteiger charge is 2.62. The minimum Gasteiger partial charge on any atom is -0.512 e. The van der Waals surface area contributed by atoms with Crippen molar-refractivity contribution in [3.63, 3.8) is 0 Å². The molecule has 2 rings (SSSR count). The maximum Gasteiger partial charge on any atom is 0.307 e. The molecule has 2 aliphatic rings. The third-order valence-electron chi connectivity index (χ3n) is 5.60. The van der Waals surface area contributed by atoms with Gasteiger partial charge in [0.05, 0.1) is 17.6 Å². The van der Waals surface area contributed by atoms with Gasteiger partial charge in [0.2, 0.25) is 0 Å². The summed E-state index contributed by atoms with van der Waals surface area (Å²) in [5.41, 5.74) is -0.776. The zero-order chi connectivity index (χ0) is 15.7. The van der Waals surface area contributed by atoms with E-state index in [1.807, 2.05) is 13.0 Å². The van der Waals surface area contributed by atoms with Gasteiger partial charge >= 0.3 is 5.97 Å². The molecular weight excluding hydrogens is 264 g/mol. The number of carbonyl (C=O) groups is 1. The Morgan fingerprint density at radius 1 is 1.43 bits per heavy atom. The summed E-state index contributed by atoms with van der Waals surface area (Å²) in [5, 5.41) is 10.7. The van der Waals surface area contributed by atoms with Gasteiger partial charge in [-0.1, -0.05) is 33.6 Å². The summed E-state index contributed by atoms with van der Waals surface area (Å²) in [6, 6.07) is 0. The molecule has 0 bridgehead atoms. The Morgan fingerprint density at radius 2 is 2.14 bits per heavy atom. The van der Waals surface area contributed by atoms with Crippen molar-refractivity contribution in [1.29, 1.82) is 0 Å². The second kappa shape index (κ2) is 5.66. The molecule has 1 N–H and O–H groups in total. The summed E-state index contributed by atoms with van der Waals surface area (Å²) in [7, 11) is 0. The largest absolute Gasteiger partial charge is 0.512 e. The highest BCUT2D eigenvalue weighted by atomic mass is 16.6. The van der Waals surface area contributed by atoms with E-state index in [1.165, 1.54) is 12.8 Å². The lowest BCUT2D eigenvalue weighted by Crippen LogP contribution is -2.39. The number of aliphatic hydroxyl groups is 1. The Kier molecular flexibility index (Phi) is 4.41. The van der Waals surface area contributed by atoms with Crippen LogP contribution in [0.3, 0.4) is 0 Å². The normalized spacial score (nSPS) is 33.1. The van der Waals surface area contributed by atoms with Crippen LogP contribution >= 0.6 is 0 Å². The summed E-state index contributed by atoms with van der Waals surface area (Å²) in [6.45, 7) is 8.67. The highest BCUT2D eigenvalue weighted by molar-refractivity contribution is 5.75. The standard InChI is InChI=1S/C18H30O3/c1-5-6-9-16(2,3)12-8-14(19)18-11-7-10-17(18,4)21-15(20)13-18/h8,19H,5-7,9-13H2,1-4H3/t17-,18+/m1/s1. The molecule has 3 nitrogen and oxygen atoms in total. The van der Waals surface area contributed by atoms with Crippen molar-refractivity contribution in [2.24, 2.45) is 10.8 Å². The quantitative estimate of drug-likeness (QED) is 0.559. The van der Waals surface area contributed by atoms with E-state index in [2.05, 4.69) is 20.8 Å². The number of unbranched alkanes of at least 4 members (excludes halogenated alkanes) is 1. The van der Waals surface area contributed by atoms with E-state index in [0.29, 0.717) is 12.2 Å². The molecular formula is C18H30O3. The first-order valence-electron chi connectivity index (χ1n) is 8.36. The number of allylic oxidation sites excluding steroid dienone is 1. The maximum atomic E-state index is 11.8. The molecule has 1 heterocycles. The van der Waals surface area contributed by atoms with Gasteiger partial charge in [0.25, 0.3) is 0 Å². The van der Waals surface area contributed by atoms with Crippen molar-refractivity contribution < 1.29 is 14.6 Å². The van der Waals surface area contributed by atoms with Crippen molar-refractivity contribution in [3.05, 3.63) is 11.8 Å². The first-order valence-corrected chi connectivity index (χ1v) is 8.36. The first kappa shape index (κ1) is 16.4. The summed E-state index contributed by atoms with van der Waals surface area (Å²) in [5.74, 6) is 0.223. The Labute approximate surface area is 128 Å². The van der Waals surface area contributed by atoms with E-state index in [9.17, 15) is 9.90 Å². The Balaban J connectivity index is 2.13. The smallest absolute Gasteiger partial charge is 0.307 e. The number of fused-ring (bicyclic) bond motifs is 1. The molecule has 0 radical (unpaired) electrons. The topological polar surface area (TPSA) is 46.5 Å². The predicted molar refractivity (Wildman–Crippen MR) is 84.0 cm³/mol. The lowest BCUT2D eigenvalue weighted by Gasteiger charge is -2.34. The average molecular weight is 294 g/mol. The van der Waals surface area contributed by atoms with E-state index >= 15 is 0 Å². The van der Waals surface area contributed by atoms with Crippen LogP contribution in [0.5, 0.6) is 0 Å². The summed E-state index contributed by atoms with van der Waals surface area (Å²) in [4.78, 5) is 11.8. The molecule has 0 aromatic heterocycles. The van der Waals surface area contributed by atoms with Crippen molar-refractivity contribution in [2.75, 3.05) is 0 Å². The molecule has 2 atom stereocenters. The van der Waals surface area contributed by atoms with E-state index in [-0.39, 0.29) is 11.4 Å². The van der Waals surface area contributed by atoms with Crippen LogP contribution in [0, 0.1) is 10.8 Å². The van der Waals surface area contributed by atoms with Crippen LogP contribution in [-0.4, -0.2) is 16.7 Å². The van der Waals surface area contributed by atoms with Gasteiger partial charge in [-0.15, -0.1) is 0 Å². The zero-order valence-corrected chi connectivity index (χ0v) is 14.0. The van der Waals surface area contributed by atoms with Gasteiger partial charge in [-0.05, 0) is 50.5 Å². The summed E-state index contributed by atoms with van der Waals surface area (Å²) in [6.07, 6.45) is 9.44. The van der Waals surface area contributed by atoms with Crippen LogP contribution in [-0.2, 0) is 9.53 Å². The average Bonchev–Trinajstić information content (AvgIpc) is 2.83. The minimum absolute atomic E-state index is 0.164. The van der Waals surface area contributed by atoms with Crippen LogP contribution < -0.4 is 0 Å². The summed E-state index contributed by atoms with van der Waals surface area (Å²) >= 11 is 0. The van der Waals surface area contributed by atoms with Crippen LogP contribution in [0.2, 0.25) is 0 Å². The Bertz CT molecular complexity index is 438.